The van der Waals surface area contributed by atoms with Crippen molar-refractivity contribution in [1.82, 2.24) is 89.7 Å². The highest BCUT2D eigenvalue weighted by Gasteiger charge is 1.85. The maximum absolute atomic E-state index is 3.98. The number of hydrogen-bond acceptors (Lipinski definition) is 18. The summed E-state index contributed by atoms with van der Waals surface area (Å²) in [7, 11) is 0. The fraction of sp³-hybridized carbons (Fsp3) is 0.165. The molecule has 0 saturated carbocycles. The summed E-state index contributed by atoms with van der Waals surface area (Å²) in [4.78, 5) is 68.4. The molecule has 0 atom stereocenters. The summed E-state index contributed by atoms with van der Waals surface area (Å²) in [5.74, 6) is 2.34. The SMILES string of the molecule is Cc1ccccc1.Cc1ccccc1.Cc1ccccc1.Cc1ccccc1.Cc1ccccc1.Cc1ccccc1.Cc1ccccc1.Cc1ccccc1.Cc1ccccc1.Cc1ccccn1.Cc1ccccn1.Cc1cccnc1.Cc1ccncc1.Cc1ccncn1.Cc1ccncn1.Cc1cncnc1.Cc1ncccn1.Cc1ncncn1.Cc1ncncn1. The van der Waals surface area contributed by atoms with Crippen LogP contribution in [0.2, 0.25) is 0 Å². The van der Waals surface area contributed by atoms with Crippen LogP contribution in [-0.4, -0.2) is 89.7 Å². The molecule has 10 aromatic heterocycles. The lowest BCUT2D eigenvalue weighted by Crippen LogP contribution is -1.84. The van der Waals surface area contributed by atoms with E-state index in [1.165, 1.54) is 105 Å². The zero-order valence-electron chi connectivity index (χ0n) is 81.0. The standard InChI is InChI=1S/9C7H8.4C6H7N.4C5H6N2.2C4H5N3/c9*1-7-5-3-2-4-6-7;1-6-2-4-7-5-3-6;1-6-3-2-4-7-5-6;2*1-6-4-2-3-5-7-6;1-5-2-6-4-7-3-5;2*1-5-2-3-6-4-7-5;1-5-6-3-2-4-7-5;2*1-4-6-2-5-3-7-4/h9*2-6H,1H3;4*2-5H,1H3;4*2-4H,1H3;2*2-3H,1H3. The Kier molecular flexibility index (Phi) is 71.6. The van der Waals surface area contributed by atoms with E-state index in [1.807, 2.05) is 312 Å². The molecule has 0 radical (unpaired) electrons. The molecule has 19 aromatic rings. The van der Waals surface area contributed by atoms with Gasteiger partial charge in [-0.05, 0) is 209 Å². The molecule has 0 N–H and O–H groups in total. The lowest BCUT2D eigenvalue weighted by atomic mass is 10.2. The minimum absolute atomic E-state index is 0.759. The van der Waals surface area contributed by atoms with Crippen LogP contribution >= 0.6 is 0 Å². The highest BCUT2D eigenvalue weighted by atomic mass is 15.0. The molecule has 18 heteroatoms. The molecule has 0 unspecified atom stereocenters. The first-order valence-corrected chi connectivity index (χ1v) is 43.2. The second-order valence-corrected chi connectivity index (χ2v) is 28.7. The number of aryl methyl sites for hydroxylation is 19. The van der Waals surface area contributed by atoms with Crippen LogP contribution in [0.4, 0.5) is 0 Å². The van der Waals surface area contributed by atoms with Gasteiger partial charge in [0.25, 0.3) is 0 Å². The smallest absolute Gasteiger partial charge is 0.128 e. The Labute approximate surface area is 793 Å². The van der Waals surface area contributed by atoms with Crippen molar-refractivity contribution in [3.63, 3.8) is 0 Å². The highest BCUT2D eigenvalue weighted by molar-refractivity contribution is 5.19. The first kappa shape index (κ1) is 115. The van der Waals surface area contributed by atoms with Crippen LogP contribution in [0.1, 0.15) is 107 Å². The van der Waals surface area contributed by atoms with Gasteiger partial charge in [-0.25, -0.2) is 69.8 Å². The van der Waals surface area contributed by atoms with Gasteiger partial charge in [0.05, 0.1) is 0 Å². The largest absolute Gasteiger partial charge is 0.265 e. The molecule has 684 valence electrons. The fourth-order valence-electron chi connectivity index (χ4n) is 8.64. The summed E-state index contributed by atoms with van der Waals surface area (Å²) in [5.41, 5.74) is 19.6. The van der Waals surface area contributed by atoms with Crippen molar-refractivity contribution in [2.75, 3.05) is 0 Å². The van der Waals surface area contributed by atoms with Gasteiger partial charge >= 0.3 is 0 Å². The van der Waals surface area contributed by atoms with E-state index in [0.717, 1.165) is 45.8 Å². The van der Waals surface area contributed by atoms with E-state index in [4.69, 9.17) is 0 Å². The van der Waals surface area contributed by atoms with Crippen LogP contribution in [-0.2, 0) is 0 Å². The van der Waals surface area contributed by atoms with Crippen molar-refractivity contribution >= 4 is 0 Å². The van der Waals surface area contributed by atoms with Crippen LogP contribution in [0.15, 0.2) is 471 Å². The van der Waals surface area contributed by atoms with E-state index in [2.05, 4.69) is 261 Å². The molecular weight excluding hydrogens is 1630 g/mol. The van der Waals surface area contributed by atoms with Crippen LogP contribution < -0.4 is 0 Å². The van der Waals surface area contributed by atoms with Gasteiger partial charge in [0.15, 0.2) is 0 Å². The lowest BCUT2D eigenvalue weighted by Gasteiger charge is -1.82. The van der Waals surface area contributed by atoms with E-state index in [1.54, 1.807) is 74.2 Å². The summed E-state index contributed by atoms with van der Waals surface area (Å²) >= 11 is 0. The van der Waals surface area contributed by atoms with Crippen molar-refractivity contribution < 1.29 is 0 Å². The quantitative estimate of drug-likeness (QED) is 0.137. The monoisotopic (exact) mass is 1770 g/mol. The summed E-state index contributed by atoms with van der Waals surface area (Å²) in [6.45, 7) is 38.1. The van der Waals surface area contributed by atoms with Crippen LogP contribution in [0, 0.1) is 132 Å². The molecular formula is C115H134N18. The van der Waals surface area contributed by atoms with Crippen molar-refractivity contribution in [2.45, 2.75) is 132 Å². The van der Waals surface area contributed by atoms with Crippen molar-refractivity contribution in [3.05, 3.63) is 578 Å². The van der Waals surface area contributed by atoms with E-state index in [-0.39, 0.29) is 0 Å². The fourth-order valence-corrected chi connectivity index (χ4v) is 8.64. The predicted molar refractivity (Wildman–Crippen MR) is 553 cm³/mol. The van der Waals surface area contributed by atoms with Gasteiger partial charge in [-0.2, -0.15) is 0 Å². The van der Waals surface area contributed by atoms with E-state index in [0.29, 0.717) is 0 Å². The average Bonchev–Trinajstić information content (AvgIpc) is 1.57. The molecule has 0 saturated heterocycles. The third kappa shape index (κ3) is 81.4. The summed E-state index contributed by atoms with van der Waals surface area (Å²) in [6.07, 6.45) is 31.7. The Balaban J connectivity index is 0.000000702. The minimum Gasteiger partial charge on any atom is -0.265 e. The van der Waals surface area contributed by atoms with Gasteiger partial charge in [-0.15, -0.1) is 0 Å². The zero-order valence-corrected chi connectivity index (χ0v) is 81.0. The molecule has 133 heavy (non-hydrogen) atoms. The number of benzene rings is 9. The Morgan fingerprint density at radius 1 is 0.113 bits per heavy atom. The van der Waals surface area contributed by atoms with Crippen molar-refractivity contribution in [3.8, 4) is 0 Å². The molecule has 9 aromatic carbocycles. The van der Waals surface area contributed by atoms with Crippen LogP contribution in [0.3, 0.4) is 0 Å². The second kappa shape index (κ2) is 82.9. The second-order valence-electron chi connectivity index (χ2n) is 28.7. The Hall–Kier alpha value is -16.1. The van der Waals surface area contributed by atoms with E-state index in [9.17, 15) is 0 Å². The summed E-state index contributed by atoms with van der Waals surface area (Å²) in [5, 5.41) is 0. The van der Waals surface area contributed by atoms with Gasteiger partial charge in [0.2, 0.25) is 0 Å². The van der Waals surface area contributed by atoms with E-state index >= 15 is 0 Å². The third-order valence-electron chi connectivity index (χ3n) is 15.8. The predicted octanol–water partition coefficient (Wildman–Crippen LogP) is 27.0. The van der Waals surface area contributed by atoms with Crippen molar-refractivity contribution in [1.29, 1.82) is 0 Å². The number of aromatic nitrogens is 18. The molecule has 0 aliphatic rings. The number of nitrogens with zero attached hydrogens (tertiary/aromatic N) is 18. The normalized spacial score (nSPS) is 8.71. The van der Waals surface area contributed by atoms with Gasteiger partial charge in [-0.3, -0.25) is 19.9 Å². The highest BCUT2D eigenvalue weighted by Crippen LogP contribution is 2.01. The maximum atomic E-state index is 3.98. The number of hydrogen-bond donors (Lipinski definition) is 0. The molecule has 0 spiro atoms. The summed E-state index contributed by atoms with van der Waals surface area (Å²) < 4.78 is 0. The van der Waals surface area contributed by atoms with Crippen LogP contribution in [0.25, 0.3) is 0 Å². The molecule has 0 fully saturated rings. The molecule has 19 rings (SSSR count). The molecule has 18 nitrogen and oxygen atoms in total. The molecule has 0 aliphatic heterocycles. The maximum Gasteiger partial charge on any atom is 0.128 e. The van der Waals surface area contributed by atoms with Crippen LogP contribution in [0.5, 0.6) is 0 Å². The molecule has 0 amide bonds. The molecule has 10 heterocycles. The first-order valence-electron chi connectivity index (χ1n) is 43.2. The van der Waals surface area contributed by atoms with Gasteiger partial charge in [-0.1, -0.05) is 341 Å². The van der Waals surface area contributed by atoms with Gasteiger partial charge in [0, 0.05) is 97.1 Å². The first-order chi connectivity index (χ1) is 64.5. The van der Waals surface area contributed by atoms with Gasteiger partial charge in [0.1, 0.15) is 61.8 Å². The topological polar surface area (TPSA) is 232 Å². The zero-order chi connectivity index (χ0) is 97.1. The Morgan fingerprint density at radius 3 is 0.451 bits per heavy atom. The van der Waals surface area contributed by atoms with Gasteiger partial charge < -0.3 is 0 Å². The molecule has 0 aliphatic carbocycles. The minimum atomic E-state index is 0.759. The third-order valence-corrected chi connectivity index (χ3v) is 15.8. The number of rotatable bonds is 0. The lowest BCUT2D eigenvalue weighted by molar-refractivity contribution is 0.973. The Bertz CT molecular complexity index is 4060. The number of pyridine rings is 4. The van der Waals surface area contributed by atoms with E-state index < -0.39 is 0 Å². The molecule has 0 bridgehead atoms. The Morgan fingerprint density at radius 2 is 0.331 bits per heavy atom. The average molecular weight is 1770 g/mol. The van der Waals surface area contributed by atoms with Crippen molar-refractivity contribution in [2.24, 2.45) is 0 Å². The summed E-state index contributed by atoms with van der Waals surface area (Å²) in [6, 6.07) is 117.